The SMILES string of the molecule is CN1CCN(C(=O)c2ccc(CNS(C)(=O)=O)o2)C2(CCCCC2)C1. The van der Waals surface area contributed by atoms with Gasteiger partial charge in [0.05, 0.1) is 18.3 Å². The van der Waals surface area contributed by atoms with E-state index in [4.69, 9.17) is 4.42 Å². The highest BCUT2D eigenvalue weighted by molar-refractivity contribution is 7.88. The van der Waals surface area contributed by atoms with Crippen molar-refractivity contribution in [2.24, 2.45) is 0 Å². The first-order valence-corrected chi connectivity index (χ1v) is 10.7. The molecule has 2 heterocycles. The third-order valence-corrected chi connectivity index (χ3v) is 5.92. The molecular weight excluding hydrogens is 342 g/mol. The van der Waals surface area contributed by atoms with Gasteiger partial charge in [0.25, 0.3) is 5.91 Å². The van der Waals surface area contributed by atoms with Gasteiger partial charge in [-0.3, -0.25) is 4.79 Å². The lowest BCUT2D eigenvalue weighted by molar-refractivity contribution is -0.00979. The third-order valence-electron chi connectivity index (χ3n) is 5.25. The third kappa shape index (κ3) is 4.24. The van der Waals surface area contributed by atoms with E-state index < -0.39 is 10.0 Å². The number of likely N-dealkylation sites (N-methyl/N-ethyl adjacent to an activating group) is 1. The van der Waals surface area contributed by atoms with Crippen LogP contribution in [0.1, 0.15) is 48.4 Å². The molecule has 3 rings (SSSR count). The minimum Gasteiger partial charge on any atom is -0.455 e. The van der Waals surface area contributed by atoms with Crippen LogP contribution in [-0.2, 0) is 16.6 Å². The van der Waals surface area contributed by atoms with Crippen LogP contribution in [0.3, 0.4) is 0 Å². The lowest BCUT2D eigenvalue weighted by atomic mass is 9.78. The van der Waals surface area contributed by atoms with E-state index in [2.05, 4.69) is 16.7 Å². The molecule has 1 amide bonds. The standard InChI is InChI=1S/C17H27N3O4S/c1-19-10-11-20(17(13-19)8-4-3-5-9-17)16(21)15-7-6-14(24-15)12-18-25(2,22)23/h6-7,18H,3-5,8-13H2,1-2H3. The summed E-state index contributed by atoms with van der Waals surface area (Å²) in [6, 6.07) is 3.31. The zero-order chi connectivity index (χ0) is 18.1. The van der Waals surface area contributed by atoms with Crippen molar-refractivity contribution in [2.45, 2.75) is 44.2 Å². The molecule has 1 saturated heterocycles. The zero-order valence-corrected chi connectivity index (χ0v) is 15.8. The predicted molar refractivity (Wildman–Crippen MR) is 94.7 cm³/mol. The molecule has 140 valence electrons. The van der Waals surface area contributed by atoms with Crippen LogP contribution in [-0.4, -0.2) is 62.6 Å². The number of nitrogens with one attached hydrogen (secondary N) is 1. The van der Waals surface area contributed by atoms with Gasteiger partial charge in [0.2, 0.25) is 10.0 Å². The first-order valence-electron chi connectivity index (χ1n) is 8.83. The van der Waals surface area contributed by atoms with Crippen LogP contribution in [0.15, 0.2) is 16.5 Å². The minimum atomic E-state index is -3.29. The van der Waals surface area contributed by atoms with Gasteiger partial charge in [-0.2, -0.15) is 0 Å². The van der Waals surface area contributed by atoms with Crippen LogP contribution in [0, 0.1) is 0 Å². The van der Waals surface area contributed by atoms with Crippen LogP contribution >= 0.6 is 0 Å². The van der Waals surface area contributed by atoms with E-state index in [0.717, 1.165) is 45.0 Å². The molecule has 0 unspecified atom stereocenters. The highest BCUT2D eigenvalue weighted by Crippen LogP contribution is 2.37. The van der Waals surface area contributed by atoms with Crippen molar-refractivity contribution in [3.05, 3.63) is 23.7 Å². The molecule has 1 aliphatic heterocycles. The summed E-state index contributed by atoms with van der Waals surface area (Å²) in [6.07, 6.45) is 6.70. The molecule has 8 heteroatoms. The van der Waals surface area contributed by atoms with Gasteiger partial charge in [-0.05, 0) is 32.0 Å². The van der Waals surface area contributed by atoms with Crippen LogP contribution < -0.4 is 4.72 Å². The van der Waals surface area contributed by atoms with Gasteiger partial charge in [0, 0.05) is 19.6 Å². The number of sulfonamides is 1. The Kier molecular flexibility index (Phi) is 5.22. The van der Waals surface area contributed by atoms with Crippen LogP contribution in [0.2, 0.25) is 0 Å². The number of carbonyl (C=O) groups excluding carboxylic acids is 1. The van der Waals surface area contributed by atoms with Gasteiger partial charge >= 0.3 is 0 Å². The lowest BCUT2D eigenvalue weighted by Gasteiger charge is -2.52. The average Bonchev–Trinajstić information content (AvgIpc) is 3.01. The summed E-state index contributed by atoms with van der Waals surface area (Å²) in [5.74, 6) is 0.654. The average molecular weight is 369 g/mol. The van der Waals surface area contributed by atoms with Crippen LogP contribution in [0.25, 0.3) is 0 Å². The maximum absolute atomic E-state index is 13.1. The summed E-state index contributed by atoms with van der Waals surface area (Å²) in [4.78, 5) is 17.4. The van der Waals surface area contributed by atoms with E-state index >= 15 is 0 Å². The molecule has 1 N–H and O–H groups in total. The number of hydrogen-bond donors (Lipinski definition) is 1. The molecule has 1 aromatic rings. The Bertz CT molecular complexity index is 722. The number of amides is 1. The van der Waals surface area contributed by atoms with Crippen LogP contribution in [0.4, 0.5) is 0 Å². The van der Waals surface area contributed by atoms with E-state index in [1.165, 1.54) is 6.42 Å². The summed E-state index contributed by atoms with van der Waals surface area (Å²) < 4.78 is 30.4. The minimum absolute atomic E-state index is 0.0555. The molecule has 0 bridgehead atoms. The van der Waals surface area contributed by atoms with E-state index in [9.17, 15) is 13.2 Å². The topological polar surface area (TPSA) is 82.9 Å². The number of hydrogen-bond acceptors (Lipinski definition) is 5. The zero-order valence-electron chi connectivity index (χ0n) is 15.0. The second kappa shape index (κ2) is 7.09. The van der Waals surface area contributed by atoms with Crippen molar-refractivity contribution in [1.82, 2.24) is 14.5 Å². The van der Waals surface area contributed by atoms with Gasteiger partial charge in [0.1, 0.15) is 5.76 Å². The Balaban J connectivity index is 1.76. The molecule has 2 aliphatic rings. The number of piperazine rings is 1. The van der Waals surface area contributed by atoms with Gasteiger partial charge in [0.15, 0.2) is 5.76 Å². The van der Waals surface area contributed by atoms with Gasteiger partial charge in [-0.1, -0.05) is 19.3 Å². The molecule has 7 nitrogen and oxygen atoms in total. The Morgan fingerprint density at radius 1 is 1.24 bits per heavy atom. The van der Waals surface area contributed by atoms with Crippen LogP contribution in [0.5, 0.6) is 0 Å². The number of rotatable bonds is 4. The van der Waals surface area contributed by atoms with Crippen molar-refractivity contribution in [3.63, 3.8) is 0 Å². The van der Waals surface area contributed by atoms with E-state index in [1.807, 2.05) is 4.90 Å². The monoisotopic (exact) mass is 369 g/mol. The molecular formula is C17H27N3O4S. The molecule has 1 spiro atoms. The second-order valence-electron chi connectivity index (χ2n) is 7.34. The molecule has 25 heavy (non-hydrogen) atoms. The Morgan fingerprint density at radius 3 is 2.64 bits per heavy atom. The van der Waals surface area contributed by atoms with Crippen molar-refractivity contribution in [1.29, 1.82) is 0 Å². The molecule has 1 aliphatic carbocycles. The molecule has 0 aromatic carbocycles. The summed E-state index contributed by atoms with van der Waals surface area (Å²) in [5, 5.41) is 0. The molecule has 1 aromatic heterocycles. The van der Waals surface area contributed by atoms with E-state index in [1.54, 1.807) is 12.1 Å². The largest absolute Gasteiger partial charge is 0.455 e. The van der Waals surface area contributed by atoms with Gasteiger partial charge in [-0.15, -0.1) is 0 Å². The number of carbonyl (C=O) groups is 1. The quantitative estimate of drug-likeness (QED) is 0.868. The molecule has 0 radical (unpaired) electrons. The fourth-order valence-electron chi connectivity index (χ4n) is 4.05. The molecule has 1 saturated carbocycles. The van der Waals surface area contributed by atoms with Gasteiger partial charge in [-0.25, -0.2) is 13.1 Å². The number of nitrogens with zero attached hydrogens (tertiary/aromatic N) is 2. The highest BCUT2D eigenvalue weighted by atomic mass is 32.2. The maximum atomic E-state index is 13.1. The first-order chi connectivity index (χ1) is 11.8. The fourth-order valence-corrected chi connectivity index (χ4v) is 4.46. The number of furan rings is 1. The van der Waals surface area contributed by atoms with Crippen molar-refractivity contribution < 1.29 is 17.6 Å². The van der Waals surface area contributed by atoms with Crippen molar-refractivity contribution in [3.8, 4) is 0 Å². The molecule has 0 atom stereocenters. The van der Waals surface area contributed by atoms with E-state index in [0.29, 0.717) is 18.1 Å². The first kappa shape index (κ1) is 18.4. The fraction of sp³-hybridized carbons (Fsp3) is 0.706. The second-order valence-corrected chi connectivity index (χ2v) is 9.17. The smallest absolute Gasteiger partial charge is 0.290 e. The van der Waals surface area contributed by atoms with Gasteiger partial charge < -0.3 is 14.2 Å². The van der Waals surface area contributed by atoms with Crippen molar-refractivity contribution >= 4 is 15.9 Å². The summed E-state index contributed by atoms with van der Waals surface area (Å²) in [6.45, 7) is 2.52. The Hall–Kier alpha value is -1.38. The lowest BCUT2D eigenvalue weighted by Crippen LogP contribution is -2.63. The van der Waals surface area contributed by atoms with Crippen molar-refractivity contribution in [2.75, 3.05) is 32.9 Å². The Morgan fingerprint density at radius 2 is 1.96 bits per heavy atom. The molecule has 2 fully saturated rings. The Labute approximate surface area is 149 Å². The summed E-state index contributed by atoms with van der Waals surface area (Å²) >= 11 is 0. The maximum Gasteiger partial charge on any atom is 0.290 e. The highest BCUT2D eigenvalue weighted by Gasteiger charge is 2.44. The summed E-state index contributed by atoms with van der Waals surface area (Å²) in [7, 11) is -1.18. The normalized spacial score (nSPS) is 21.6. The van der Waals surface area contributed by atoms with E-state index in [-0.39, 0.29) is 18.0 Å². The predicted octanol–water partition coefficient (Wildman–Crippen LogP) is 1.42. The summed E-state index contributed by atoms with van der Waals surface area (Å²) in [5.41, 5.74) is -0.0969.